The molecule has 0 bridgehead atoms. The fraction of sp³-hybridized carbons (Fsp3) is 0.519. The molecule has 1 aliphatic rings. The largest absolute Gasteiger partial charge is 0.477 e. The number of nitrogens with zero attached hydrogens (tertiary/aromatic N) is 1. The number of hydrogen-bond donors (Lipinski definition) is 2. The fourth-order valence-corrected chi connectivity index (χ4v) is 8.72. The number of benzene rings is 1. The predicted octanol–water partition coefficient (Wildman–Crippen LogP) is 3.59. The molecular formula is C27H31I4N3O11. The van der Waals surface area contributed by atoms with Crippen LogP contribution in [0.15, 0.2) is 4.99 Å². The van der Waals surface area contributed by atoms with E-state index < -0.39 is 47.8 Å². The summed E-state index contributed by atoms with van der Waals surface area (Å²) in [6, 6.07) is -1.80. The second-order valence-corrected chi connectivity index (χ2v) is 13.6. The maximum atomic E-state index is 13.8. The Morgan fingerprint density at radius 2 is 1.11 bits per heavy atom. The van der Waals surface area contributed by atoms with E-state index in [4.69, 9.17) is 28.7 Å². The number of aliphatic imine (C=N–C) groups is 1. The number of ether oxygens (including phenoxy) is 5. The predicted molar refractivity (Wildman–Crippen MR) is 194 cm³/mol. The summed E-state index contributed by atoms with van der Waals surface area (Å²) in [4.78, 5) is 78.1. The summed E-state index contributed by atoms with van der Waals surface area (Å²) in [5.41, 5.74) is 0.512. The van der Waals surface area contributed by atoms with E-state index in [1.165, 1.54) is 27.7 Å². The van der Waals surface area contributed by atoms with Gasteiger partial charge in [-0.1, -0.05) is 22.6 Å². The van der Waals surface area contributed by atoms with Gasteiger partial charge in [0.05, 0.1) is 36.0 Å². The van der Waals surface area contributed by atoms with Gasteiger partial charge in [-0.15, -0.1) is 0 Å². The molecule has 0 spiro atoms. The number of amides is 2. The minimum Gasteiger partial charge on any atom is -0.477 e. The van der Waals surface area contributed by atoms with Crippen LogP contribution in [0.3, 0.4) is 0 Å². The molecule has 2 rings (SSSR count). The number of carbonyl (C=O) groups excluding carboxylic acids is 6. The quantitative estimate of drug-likeness (QED) is 0.120. The molecule has 18 heteroatoms. The van der Waals surface area contributed by atoms with Crippen LogP contribution in [0.1, 0.15) is 61.3 Å². The van der Waals surface area contributed by atoms with E-state index in [0.29, 0.717) is 25.1 Å². The zero-order valence-electron chi connectivity index (χ0n) is 24.6. The molecule has 248 valence electrons. The van der Waals surface area contributed by atoms with Crippen LogP contribution < -0.4 is 10.6 Å². The van der Waals surface area contributed by atoms with E-state index in [-0.39, 0.29) is 47.2 Å². The Balaban J connectivity index is 2.62. The molecule has 1 heterocycles. The summed E-state index contributed by atoms with van der Waals surface area (Å²) < 4.78 is 28.0. The molecule has 1 saturated heterocycles. The zero-order valence-corrected chi connectivity index (χ0v) is 33.3. The van der Waals surface area contributed by atoms with Gasteiger partial charge in [0.2, 0.25) is 0 Å². The van der Waals surface area contributed by atoms with Crippen molar-refractivity contribution in [2.45, 2.75) is 58.7 Å². The molecule has 1 atom stereocenters. The van der Waals surface area contributed by atoms with Crippen molar-refractivity contribution in [1.29, 1.82) is 0 Å². The van der Waals surface area contributed by atoms with Gasteiger partial charge in [0.1, 0.15) is 32.5 Å². The third-order valence-electron chi connectivity index (χ3n) is 5.76. The lowest BCUT2D eigenvalue weighted by Crippen LogP contribution is -2.44. The monoisotopic (exact) mass is 1080 g/mol. The minimum atomic E-state index is -0.900. The highest BCUT2D eigenvalue weighted by Crippen LogP contribution is 2.38. The van der Waals surface area contributed by atoms with Gasteiger partial charge in [0, 0.05) is 42.1 Å². The molecule has 2 N–H and O–H groups in total. The summed E-state index contributed by atoms with van der Waals surface area (Å²) in [7, 11) is 0. The maximum absolute atomic E-state index is 13.8. The van der Waals surface area contributed by atoms with Crippen LogP contribution in [0, 0.1) is 10.7 Å². The van der Waals surface area contributed by atoms with Crippen molar-refractivity contribution < 1.29 is 52.5 Å². The minimum absolute atomic E-state index is 0.0133. The third kappa shape index (κ3) is 12.9. The first kappa shape index (κ1) is 39.6. The van der Waals surface area contributed by atoms with Crippen LogP contribution in [0.25, 0.3) is 0 Å². The van der Waals surface area contributed by atoms with Gasteiger partial charge in [-0.05, 0) is 74.2 Å². The molecule has 1 aliphatic heterocycles. The number of halogens is 4. The van der Waals surface area contributed by atoms with Gasteiger partial charge in [0.25, 0.3) is 11.8 Å². The maximum Gasteiger partial charge on any atom is 0.302 e. The van der Waals surface area contributed by atoms with Crippen molar-refractivity contribution in [2.75, 3.05) is 30.9 Å². The normalized spacial score (nSPS) is 15.0. The number of carbonyl (C=O) groups is 6. The molecule has 1 fully saturated rings. The van der Waals surface area contributed by atoms with Crippen LogP contribution in [-0.4, -0.2) is 90.6 Å². The standard InChI is InChI=1S/C27H31I4N3O11/c1-12(35)41-8-16(9-42-13(2)36)32-26(39)20-22(29)21(27(40)33-17(10-43-14(3)37)11-44-15(4)38)24(31)25(23(20)30)34-19-6-5-18(7-28)45-19/h16-18H,5-11H2,1-4H3,(H,32,39)(H,33,40)/b34-19+. The van der Waals surface area contributed by atoms with Gasteiger partial charge in [-0.2, -0.15) is 0 Å². The summed E-state index contributed by atoms with van der Waals surface area (Å²) >= 11 is 8.05. The van der Waals surface area contributed by atoms with Crippen LogP contribution in [0.5, 0.6) is 0 Å². The molecule has 1 aromatic carbocycles. The van der Waals surface area contributed by atoms with Crippen molar-refractivity contribution in [3.8, 4) is 0 Å². The van der Waals surface area contributed by atoms with Crippen molar-refractivity contribution in [3.05, 3.63) is 21.8 Å². The number of nitrogens with one attached hydrogen (secondary N) is 2. The molecule has 0 aliphatic carbocycles. The average Bonchev–Trinajstić information content (AvgIpc) is 3.41. The second-order valence-electron chi connectivity index (χ2n) is 9.53. The summed E-state index contributed by atoms with van der Waals surface area (Å²) in [6.07, 6.45) is 1.32. The van der Waals surface area contributed by atoms with Crippen molar-refractivity contribution in [2.24, 2.45) is 4.99 Å². The van der Waals surface area contributed by atoms with E-state index in [1.807, 2.05) is 67.8 Å². The first-order valence-electron chi connectivity index (χ1n) is 13.3. The Hall–Kier alpha value is -1.57. The SMILES string of the molecule is CC(=O)OCC(COC(C)=O)NC(=O)c1c(I)c(/N=C2\CCC(CI)O2)c(I)c(C(=O)NC(COC(C)=O)COC(C)=O)c1I. The fourth-order valence-electron chi connectivity index (χ4n) is 3.71. The van der Waals surface area contributed by atoms with Crippen LogP contribution in [-0.2, 0) is 42.9 Å². The van der Waals surface area contributed by atoms with Crippen LogP contribution in [0.4, 0.5) is 5.69 Å². The van der Waals surface area contributed by atoms with Crippen molar-refractivity contribution in [1.82, 2.24) is 10.6 Å². The lowest BCUT2D eigenvalue weighted by Gasteiger charge is -2.22. The lowest BCUT2D eigenvalue weighted by atomic mass is 10.1. The molecular weight excluding hydrogens is 1050 g/mol. The molecule has 0 saturated carbocycles. The Labute approximate surface area is 314 Å². The average molecular weight is 1080 g/mol. The van der Waals surface area contributed by atoms with Crippen molar-refractivity contribution >= 4 is 138 Å². The third-order valence-corrected chi connectivity index (χ3v) is 9.92. The van der Waals surface area contributed by atoms with E-state index >= 15 is 0 Å². The Morgan fingerprint density at radius 1 is 0.733 bits per heavy atom. The summed E-state index contributed by atoms with van der Waals surface area (Å²) in [5, 5.41) is 5.44. The first-order chi connectivity index (χ1) is 21.1. The van der Waals surface area contributed by atoms with Gasteiger partial charge in [0.15, 0.2) is 5.90 Å². The smallest absolute Gasteiger partial charge is 0.302 e. The highest BCUT2D eigenvalue weighted by molar-refractivity contribution is 14.1. The number of hydrogen-bond acceptors (Lipinski definition) is 12. The van der Waals surface area contributed by atoms with E-state index in [1.54, 1.807) is 0 Å². The Morgan fingerprint density at radius 3 is 1.42 bits per heavy atom. The highest BCUT2D eigenvalue weighted by atomic mass is 127. The van der Waals surface area contributed by atoms with E-state index in [9.17, 15) is 28.8 Å². The summed E-state index contributed by atoms with van der Waals surface area (Å²) in [6.45, 7) is 3.74. The van der Waals surface area contributed by atoms with Crippen LogP contribution >= 0.6 is 90.4 Å². The van der Waals surface area contributed by atoms with Gasteiger partial charge >= 0.3 is 23.9 Å². The van der Waals surface area contributed by atoms with Gasteiger partial charge in [-0.25, -0.2) is 4.99 Å². The first-order valence-corrected chi connectivity index (χ1v) is 18.1. The zero-order chi connectivity index (χ0) is 33.8. The van der Waals surface area contributed by atoms with E-state index in [0.717, 1.165) is 10.8 Å². The number of esters is 4. The molecule has 0 aromatic heterocycles. The molecule has 0 radical (unpaired) electrons. The summed E-state index contributed by atoms with van der Waals surface area (Å²) in [5.74, 6) is -3.20. The van der Waals surface area contributed by atoms with Gasteiger partial charge < -0.3 is 34.3 Å². The van der Waals surface area contributed by atoms with Crippen LogP contribution in [0.2, 0.25) is 0 Å². The molecule has 45 heavy (non-hydrogen) atoms. The Bertz CT molecular complexity index is 1240. The molecule has 1 aromatic rings. The van der Waals surface area contributed by atoms with Crippen molar-refractivity contribution in [3.63, 3.8) is 0 Å². The lowest BCUT2D eigenvalue weighted by molar-refractivity contribution is -0.146. The number of rotatable bonds is 14. The molecule has 14 nitrogen and oxygen atoms in total. The topological polar surface area (TPSA) is 185 Å². The highest BCUT2D eigenvalue weighted by Gasteiger charge is 2.31. The Kier molecular flexibility index (Phi) is 17.0. The molecule has 1 unspecified atom stereocenters. The van der Waals surface area contributed by atoms with E-state index in [2.05, 4.69) is 33.2 Å². The second kappa shape index (κ2) is 19.3. The van der Waals surface area contributed by atoms with Gasteiger partial charge in [-0.3, -0.25) is 28.8 Å². The number of alkyl halides is 1. The molecule has 2 amide bonds.